The molecule has 5 rings (SSSR count). The molecule has 1 aliphatic carbocycles. The summed E-state index contributed by atoms with van der Waals surface area (Å²) in [5.74, 6) is 1.05. The summed E-state index contributed by atoms with van der Waals surface area (Å²) in [6, 6.07) is 8.77. The maximum atomic E-state index is 6.30. The molecule has 1 aliphatic heterocycles. The Morgan fingerprint density at radius 1 is 1.00 bits per heavy atom. The second-order valence-electron chi connectivity index (χ2n) is 7.52. The average Bonchev–Trinajstić information content (AvgIpc) is 3.05. The number of benzene rings is 1. The predicted molar refractivity (Wildman–Crippen MR) is 115 cm³/mol. The summed E-state index contributed by atoms with van der Waals surface area (Å²) in [4.78, 5) is 16.7. The molecule has 2 aliphatic rings. The van der Waals surface area contributed by atoms with Crippen molar-refractivity contribution in [3.05, 3.63) is 45.6 Å². The molecule has 3 heterocycles. The fourth-order valence-corrected chi connectivity index (χ4v) is 5.81. The Bertz CT molecular complexity index is 991. The van der Waals surface area contributed by atoms with Crippen molar-refractivity contribution in [1.82, 2.24) is 9.97 Å². The van der Waals surface area contributed by atoms with Gasteiger partial charge in [-0.2, -0.15) is 4.98 Å². The van der Waals surface area contributed by atoms with Gasteiger partial charge in [0.05, 0.1) is 5.39 Å². The molecule has 1 fully saturated rings. The van der Waals surface area contributed by atoms with E-state index in [-0.39, 0.29) is 0 Å². The van der Waals surface area contributed by atoms with Gasteiger partial charge in [-0.25, -0.2) is 4.98 Å². The van der Waals surface area contributed by atoms with Crippen molar-refractivity contribution >= 4 is 44.7 Å². The smallest absolute Gasteiger partial charge is 0.225 e. The Morgan fingerprint density at radius 3 is 2.59 bits per heavy atom. The van der Waals surface area contributed by atoms with E-state index < -0.39 is 0 Å². The van der Waals surface area contributed by atoms with Crippen LogP contribution in [0, 0.1) is 6.92 Å². The SMILES string of the molecule is Cc1cccc(N2CCN(c3nc(Cl)nc4sc5c(c34)CCCC5)CC2)c1. The van der Waals surface area contributed by atoms with Gasteiger partial charge in [0, 0.05) is 36.7 Å². The summed E-state index contributed by atoms with van der Waals surface area (Å²) in [7, 11) is 0. The predicted octanol–water partition coefficient (Wildman–Crippen LogP) is 4.86. The van der Waals surface area contributed by atoms with Crippen molar-refractivity contribution in [2.24, 2.45) is 0 Å². The lowest BCUT2D eigenvalue weighted by Gasteiger charge is -2.37. The molecule has 2 aromatic heterocycles. The molecule has 1 aromatic carbocycles. The lowest BCUT2D eigenvalue weighted by molar-refractivity contribution is 0.648. The minimum Gasteiger partial charge on any atom is -0.368 e. The van der Waals surface area contributed by atoms with Gasteiger partial charge < -0.3 is 9.80 Å². The number of aromatic nitrogens is 2. The monoisotopic (exact) mass is 398 g/mol. The molecule has 0 radical (unpaired) electrons. The number of hydrogen-bond acceptors (Lipinski definition) is 5. The first kappa shape index (κ1) is 17.3. The Hall–Kier alpha value is -1.85. The Kier molecular flexibility index (Phi) is 4.44. The number of nitrogens with zero attached hydrogens (tertiary/aromatic N) is 4. The molecule has 0 atom stereocenters. The van der Waals surface area contributed by atoms with Gasteiger partial charge in [-0.1, -0.05) is 12.1 Å². The normalized spacial score (nSPS) is 17.4. The summed E-state index contributed by atoms with van der Waals surface area (Å²) in [5.41, 5.74) is 4.10. The van der Waals surface area contributed by atoms with Gasteiger partial charge in [0.1, 0.15) is 10.6 Å². The maximum Gasteiger partial charge on any atom is 0.225 e. The fourth-order valence-electron chi connectivity index (χ4n) is 4.34. The van der Waals surface area contributed by atoms with E-state index in [0.29, 0.717) is 5.28 Å². The van der Waals surface area contributed by atoms with Crippen LogP contribution in [-0.4, -0.2) is 36.1 Å². The lowest BCUT2D eigenvalue weighted by atomic mass is 9.97. The van der Waals surface area contributed by atoms with E-state index in [4.69, 9.17) is 11.6 Å². The summed E-state index contributed by atoms with van der Waals surface area (Å²) in [6.45, 7) is 6.07. The number of fused-ring (bicyclic) bond motifs is 3. The molecule has 3 aromatic rings. The van der Waals surface area contributed by atoms with Gasteiger partial charge in [-0.15, -0.1) is 11.3 Å². The number of hydrogen-bond donors (Lipinski definition) is 0. The first-order valence-electron chi connectivity index (χ1n) is 9.73. The van der Waals surface area contributed by atoms with Crippen LogP contribution in [0.5, 0.6) is 0 Å². The highest BCUT2D eigenvalue weighted by atomic mass is 35.5. The molecule has 0 N–H and O–H groups in total. The Morgan fingerprint density at radius 2 is 1.78 bits per heavy atom. The molecule has 140 valence electrons. The number of anilines is 2. The van der Waals surface area contributed by atoms with E-state index >= 15 is 0 Å². The summed E-state index contributed by atoms with van der Waals surface area (Å²) in [6.07, 6.45) is 4.87. The lowest BCUT2D eigenvalue weighted by Crippen LogP contribution is -2.47. The first-order chi connectivity index (χ1) is 13.2. The number of aryl methyl sites for hydroxylation is 3. The highest BCUT2D eigenvalue weighted by Crippen LogP contribution is 2.40. The zero-order valence-corrected chi connectivity index (χ0v) is 17.1. The fraction of sp³-hybridized carbons (Fsp3) is 0.429. The van der Waals surface area contributed by atoms with Crippen LogP contribution in [0.15, 0.2) is 24.3 Å². The van der Waals surface area contributed by atoms with Gasteiger partial charge in [0.15, 0.2) is 0 Å². The van der Waals surface area contributed by atoms with E-state index in [1.807, 2.05) is 11.3 Å². The first-order valence-corrected chi connectivity index (χ1v) is 10.9. The number of rotatable bonds is 2. The molecular formula is C21H23ClN4S. The third kappa shape index (κ3) is 3.17. The molecule has 4 nitrogen and oxygen atoms in total. The largest absolute Gasteiger partial charge is 0.368 e. The van der Waals surface area contributed by atoms with Crippen LogP contribution in [0.4, 0.5) is 11.5 Å². The minimum absolute atomic E-state index is 0.372. The van der Waals surface area contributed by atoms with Gasteiger partial charge in [-0.05, 0) is 67.5 Å². The number of halogens is 1. The van der Waals surface area contributed by atoms with Crippen LogP contribution in [-0.2, 0) is 12.8 Å². The van der Waals surface area contributed by atoms with Crippen molar-refractivity contribution < 1.29 is 0 Å². The third-order valence-corrected chi connectivity index (χ3v) is 7.07. The average molecular weight is 399 g/mol. The van der Waals surface area contributed by atoms with Gasteiger partial charge >= 0.3 is 0 Å². The molecule has 6 heteroatoms. The van der Waals surface area contributed by atoms with Gasteiger partial charge in [-0.3, -0.25) is 0 Å². The topological polar surface area (TPSA) is 32.3 Å². The maximum absolute atomic E-state index is 6.30. The number of thiophene rings is 1. The van der Waals surface area contributed by atoms with Crippen molar-refractivity contribution in [1.29, 1.82) is 0 Å². The third-order valence-electron chi connectivity index (χ3n) is 5.71. The van der Waals surface area contributed by atoms with Gasteiger partial charge in [0.2, 0.25) is 5.28 Å². The van der Waals surface area contributed by atoms with E-state index in [1.54, 1.807) is 0 Å². The molecule has 0 saturated carbocycles. The second kappa shape index (κ2) is 6.95. The summed E-state index contributed by atoms with van der Waals surface area (Å²) < 4.78 is 0. The van der Waals surface area contributed by atoms with Crippen molar-refractivity contribution in [3.63, 3.8) is 0 Å². The van der Waals surface area contributed by atoms with Crippen LogP contribution in [0.25, 0.3) is 10.2 Å². The molecular weight excluding hydrogens is 376 g/mol. The van der Waals surface area contributed by atoms with Crippen LogP contribution < -0.4 is 9.80 Å². The van der Waals surface area contributed by atoms with E-state index in [2.05, 4.69) is 51.0 Å². The summed E-state index contributed by atoms with van der Waals surface area (Å²) in [5, 5.41) is 1.64. The number of piperazine rings is 1. The van der Waals surface area contributed by atoms with Crippen molar-refractivity contribution in [2.75, 3.05) is 36.0 Å². The molecule has 0 spiro atoms. The van der Waals surface area contributed by atoms with Gasteiger partial charge in [0.25, 0.3) is 0 Å². The van der Waals surface area contributed by atoms with Crippen molar-refractivity contribution in [2.45, 2.75) is 32.6 Å². The molecule has 0 bridgehead atoms. The van der Waals surface area contributed by atoms with E-state index in [0.717, 1.165) is 43.2 Å². The second-order valence-corrected chi connectivity index (χ2v) is 8.94. The van der Waals surface area contributed by atoms with Crippen LogP contribution in [0.1, 0.15) is 28.8 Å². The van der Waals surface area contributed by atoms with Crippen LogP contribution in [0.3, 0.4) is 0 Å². The van der Waals surface area contributed by atoms with Crippen LogP contribution >= 0.6 is 22.9 Å². The molecule has 0 amide bonds. The summed E-state index contributed by atoms with van der Waals surface area (Å²) >= 11 is 8.11. The standard InChI is InChI=1S/C21H23ClN4S/c1-14-5-4-6-15(13-14)25-9-11-26(12-10-25)19-18-16-7-2-3-8-17(16)27-20(18)24-21(22)23-19/h4-6,13H,2-3,7-12H2,1H3. The minimum atomic E-state index is 0.372. The molecule has 1 saturated heterocycles. The quantitative estimate of drug-likeness (QED) is 0.577. The zero-order chi connectivity index (χ0) is 18.4. The van der Waals surface area contributed by atoms with Crippen LogP contribution in [0.2, 0.25) is 5.28 Å². The van der Waals surface area contributed by atoms with Crippen molar-refractivity contribution in [3.8, 4) is 0 Å². The Labute approximate surface area is 168 Å². The zero-order valence-electron chi connectivity index (χ0n) is 15.5. The Balaban J connectivity index is 1.45. The van der Waals surface area contributed by atoms with E-state index in [9.17, 15) is 0 Å². The molecule has 27 heavy (non-hydrogen) atoms. The molecule has 0 unspecified atom stereocenters. The van der Waals surface area contributed by atoms with E-state index in [1.165, 1.54) is 46.3 Å². The highest BCUT2D eigenvalue weighted by molar-refractivity contribution is 7.19. The highest BCUT2D eigenvalue weighted by Gasteiger charge is 2.26.